The SMILES string of the molecule is S.c1cc[nH]c1.c1ccc2ncccc2c1. The summed E-state index contributed by atoms with van der Waals surface area (Å²) in [4.78, 5) is 7.04. The van der Waals surface area contributed by atoms with Crippen LogP contribution in [0.4, 0.5) is 0 Å². The number of H-pyrrole nitrogens is 1. The van der Waals surface area contributed by atoms with Crippen LogP contribution in [0, 0.1) is 0 Å². The summed E-state index contributed by atoms with van der Waals surface area (Å²) in [6.07, 6.45) is 5.56. The Kier molecular flexibility index (Phi) is 5.16. The Morgan fingerprint density at radius 2 is 1.50 bits per heavy atom. The number of hydrogen-bond donors (Lipinski definition) is 1. The van der Waals surface area contributed by atoms with Crippen LogP contribution >= 0.6 is 13.5 Å². The van der Waals surface area contributed by atoms with Gasteiger partial charge in [0.1, 0.15) is 0 Å². The second-order valence-corrected chi connectivity index (χ2v) is 3.08. The highest BCUT2D eigenvalue weighted by Crippen LogP contribution is 2.07. The van der Waals surface area contributed by atoms with Crippen molar-refractivity contribution in [2.24, 2.45) is 0 Å². The van der Waals surface area contributed by atoms with Crippen LogP contribution in [-0.2, 0) is 0 Å². The normalized spacial score (nSPS) is 8.75. The van der Waals surface area contributed by atoms with Crippen molar-refractivity contribution in [1.82, 2.24) is 9.97 Å². The summed E-state index contributed by atoms with van der Waals surface area (Å²) in [6.45, 7) is 0. The first-order valence-corrected chi connectivity index (χ1v) is 4.84. The summed E-state index contributed by atoms with van der Waals surface area (Å²) < 4.78 is 0. The van der Waals surface area contributed by atoms with Crippen LogP contribution in [0.15, 0.2) is 67.1 Å². The average Bonchev–Trinajstić information content (AvgIpc) is 2.88. The van der Waals surface area contributed by atoms with Gasteiger partial charge in [0.25, 0.3) is 0 Å². The van der Waals surface area contributed by atoms with Gasteiger partial charge in [-0.05, 0) is 24.3 Å². The van der Waals surface area contributed by atoms with Crippen LogP contribution in [0.5, 0.6) is 0 Å². The summed E-state index contributed by atoms with van der Waals surface area (Å²) in [5.74, 6) is 0. The van der Waals surface area contributed by atoms with E-state index in [1.54, 1.807) is 0 Å². The molecule has 0 fully saturated rings. The minimum absolute atomic E-state index is 0. The number of aromatic amines is 1. The number of nitrogens with zero attached hydrogens (tertiary/aromatic N) is 1. The largest absolute Gasteiger partial charge is 0.368 e. The molecule has 0 aliphatic carbocycles. The van der Waals surface area contributed by atoms with E-state index in [-0.39, 0.29) is 13.5 Å². The van der Waals surface area contributed by atoms with Crippen LogP contribution in [0.1, 0.15) is 0 Å². The second kappa shape index (κ2) is 6.69. The predicted molar refractivity (Wildman–Crippen MR) is 72.9 cm³/mol. The molecule has 0 spiro atoms. The van der Waals surface area contributed by atoms with E-state index in [9.17, 15) is 0 Å². The number of nitrogens with one attached hydrogen (secondary N) is 1. The Morgan fingerprint density at radius 1 is 0.812 bits per heavy atom. The molecule has 0 aliphatic rings. The molecule has 0 saturated carbocycles. The van der Waals surface area contributed by atoms with E-state index in [4.69, 9.17) is 0 Å². The molecule has 0 atom stereocenters. The summed E-state index contributed by atoms with van der Waals surface area (Å²) in [5, 5.41) is 1.20. The maximum absolute atomic E-state index is 4.18. The highest BCUT2D eigenvalue weighted by Gasteiger charge is 1.86. The lowest BCUT2D eigenvalue weighted by molar-refractivity contribution is 1.41. The van der Waals surface area contributed by atoms with Crippen molar-refractivity contribution >= 4 is 24.4 Å². The van der Waals surface area contributed by atoms with Gasteiger partial charge >= 0.3 is 0 Å². The number of benzene rings is 1. The maximum Gasteiger partial charge on any atom is 0.0701 e. The second-order valence-electron chi connectivity index (χ2n) is 3.08. The molecule has 3 heteroatoms. The summed E-state index contributed by atoms with van der Waals surface area (Å²) >= 11 is 0. The van der Waals surface area contributed by atoms with Crippen molar-refractivity contribution in [1.29, 1.82) is 0 Å². The number of fused-ring (bicyclic) bond motifs is 1. The van der Waals surface area contributed by atoms with Gasteiger partial charge in [-0.25, -0.2) is 0 Å². The first-order chi connectivity index (χ1) is 7.47. The standard InChI is InChI=1S/C9H7N.C4H5N.H2S/c1-2-6-9-8(4-1)5-3-7-10-9;1-2-4-5-3-1;/h1-7H;1-5H;1H2. The molecule has 1 N–H and O–H groups in total. The van der Waals surface area contributed by atoms with Crippen LogP contribution in [0.3, 0.4) is 0 Å². The monoisotopic (exact) mass is 230 g/mol. The molecule has 0 saturated heterocycles. The zero-order chi connectivity index (χ0) is 10.3. The fourth-order valence-corrected chi connectivity index (χ4v) is 1.29. The molecule has 3 rings (SSSR count). The first kappa shape index (κ1) is 12.3. The lowest BCUT2D eigenvalue weighted by Crippen LogP contribution is -1.73. The third-order valence-electron chi connectivity index (χ3n) is 2.01. The minimum Gasteiger partial charge on any atom is -0.368 e. The predicted octanol–water partition coefficient (Wildman–Crippen LogP) is 3.36. The number of pyridine rings is 1. The Hall–Kier alpha value is -1.74. The van der Waals surface area contributed by atoms with E-state index in [1.807, 2.05) is 55.0 Å². The van der Waals surface area contributed by atoms with Crippen LogP contribution < -0.4 is 0 Å². The molecule has 3 aromatic rings. The van der Waals surface area contributed by atoms with Crippen molar-refractivity contribution in [2.75, 3.05) is 0 Å². The molecule has 0 bridgehead atoms. The Labute approximate surface area is 102 Å². The van der Waals surface area contributed by atoms with Gasteiger partial charge in [-0.3, -0.25) is 4.98 Å². The highest BCUT2D eigenvalue weighted by atomic mass is 32.1. The number of aromatic nitrogens is 2. The van der Waals surface area contributed by atoms with Crippen molar-refractivity contribution in [2.45, 2.75) is 0 Å². The van der Waals surface area contributed by atoms with Crippen LogP contribution in [-0.4, -0.2) is 9.97 Å². The third kappa shape index (κ3) is 3.44. The average molecular weight is 230 g/mol. The summed E-state index contributed by atoms with van der Waals surface area (Å²) in [7, 11) is 0. The zero-order valence-electron chi connectivity index (χ0n) is 8.80. The zero-order valence-corrected chi connectivity index (χ0v) is 9.80. The van der Waals surface area contributed by atoms with Gasteiger partial charge in [-0.2, -0.15) is 13.5 Å². The van der Waals surface area contributed by atoms with Crippen LogP contribution in [0.2, 0.25) is 0 Å². The van der Waals surface area contributed by atoms with Crippen molar-refractivity contribution in [3.05, 3.63) is 67.1 Å². The molecule has 2 aromatic heterocycles. The lowest BCUT2D eigenvalue weighted by atomic mass is 10.2. The highest BCUT2D eigenvalue weighted by molar-refractivity contribution is 7.59. The van der Waals surface area contributed by atoms with E-state index in [2.05, 4.69) is 22.1 Å². The molecule has 2 nitrogen and oxygen atoms in total. The Morgan fingerprint density at radius 3 is 2.12 bits per heavy atom. The molecule has 2 heterocycles. The van der Waals surface area contributed by atoms with Crippen LogP contribution in [0.25, 0.3) is 10.9 Å². The number of para-hydroxylation sites is 1. The van der Waals surface area contributed by atoms with E-state index < -0.39 is 0 Å². The van der Waals surface area contributed by atoms with Gasteiger partial charge in [0.2, 0.25) is 0 Å². The molecular weight excluding hydrogens is 216 g/mol. The number of rotatable bonds is 0. The molecular formula is C13H14N2S. The number of hydrogen-bond acceptors (Lipinski definition) is 1. The Balaban J connectivity index is 0.000000183. The van der Waals surface area contributed by atoms with Gasteiger partial charge in [-0.1, -0.05) is 24.3 Å². The minimum atomic E-state index is 0. The van der Waals surface area contributed by atoms with Crippen molar-refractivity contribution in [3.63, 3.8) is 0 Å². The van der Waals surface area contributed by atoms with Gasteiger partial charge in [0.15, 0.2) is 0 Å². The first-order valence-electron chi connectivity index (χ1n) is 4.84. The van der Waals surface area contributed by atoms with E-state index in [1.165, 1.54) is 5.39 Å². The topological polar surface area (TPSA) is 28.7 Å². The molecule has 16 heavy (non-hydrogen) atoms. The quantitative estimate of drug-likeness (QED) is 0.630. The molecule has 0 aliphatic heterocycles. The molecule has 0 amide bonds. The summed E-state index contributed by atoms with van der Waals surface area (Å²) in [5.41, 5.74) is 1.06. The third-order valence-corrected chi connectivity index (χ3v) is 2.01. The van der Waals surface area contributed by atoms with E-state index >= 15 is 0 Å². The van der Waals surface area contributed by atoms with Gasteiger partial charge < -0.3 is 4.98 Å². The Bertz CT molecular complexity index is 423. The van der Waals surface area contributed by atoms with Gasteiger partial charge in [-0.15, -0.1) is 0 Å². The smallest absolute Gasteiger partial charge is 0.0701 e. The van der Waals surface area contributed by atoms with Gasteiger partial charge in [0.05, 0.1) is 5.52 Å². The fourth-order valence-electron chi connectivity index (χ4n) is 1.29. The maximum atomic E-state index is 4.18. The molecule has 82 valence electrons. The molecule has 0 radical (unpaired) electrons. The van der Waals surface area contributed by atoms with Gasteiger partial charge in [0, 0.05) is 24.0 Å². The molecule has 1 aromatic carbocycles. The molecule has 0 unspecified atom stereocenters. The van der Waals surface area contributed by atoms with Crippen molar-refractivity contribution < 1.29 is 0 Å². The lowest BCUT2D eigenvalue weighted by Gasteiger charge is -1.91. The van der Waals surface area contributed by atoms with E-state index in [0.717, 1.165) is 5.52 Å². The fraction of sp³-hybridized carbons (Fsp3) is 0. The van der Waals surface area contributed by atoms with E-state index in [0.29, 0.717) is 0 Å². The van der Waals surface area contributed by atoms with Crippen molar-refractivity contribution in [3.8, 4) is 0 Å². The summed E-state index contributed by atoms with van der Waals surface area (Å²) in [6, 6.07) is 16.0.